The number of nitrogens with one attached hydrogen (secondary N) is 1. The van der Waals surface area contributed by atoms with E-state index in [2.05, 4.69) is 5.32 Å². The number of hydrogen-bond donors (Lipinski definition) is 1. The van der Waals surface area contributed by atoms with Crippen LogP contribution in [0.2, 0.25) is 0 Å². The molecule has 1 amide bonds. The molecule has 0 spiro atoms. The molecule has 2 aliphatic rings. The van der Waals surface area contributed by atoms with E-state index >= 15 is 0 Å². The summed E-state index contributed by atoms with van der Waals surface area (Å²) in [6.45, 7) is 3.91. The van der Waals surface area contributed by atoms with Crippen LogP contribution >= 0.6 is 0 Å². The van der Waals surface area contributed by atoms with Gasteiger partial charge in [-0.3, -0.25) is 4.79 Å². The first kappa shape index (κ1) is 15.7. The second-order valence-electron chi connectivity index (χ2n) is 5.45. The number of sulfonamides is 1. The summed E-state index contributed by atoms with van der Waals surface area (Å²) in [4.78, 5) is 12.0. The van der Waals surface area contributed by atoms with Crippen molar-refractivity contribution in [3.8, 4) is 0 Å². The van der Waals surface area contributed by atoms with Gasteiger partial charge >= 0.3 is 0 Å². The predicted octanol–water partition coefficient (Wildman–Crippen LogP) is 0.343. The molecule has 0 aliphatic carbocycles. The van der Waals surface area contributed by atoms with Gasteiger partial charge in [0.25, 0.3) is 0 Å². The highest BCUT2D eigenvalue weighted by Crippen LogP contribution is 2.20. The van der Waals surface area contributed by atoms with Crippen molar-refractivity contribution in [1.29, 1.82) is 0 Å². The van der Waals surface area contributed by atoms with Crippen LogP contribution in [-0.2, 0) is 19.6 Å². The van der Waals surface area contributed by atoms with Crippen molar-refractivity contribution in [2.24, 2.45) is 5.92 Å². The molecule has 1 N–H and O–H groups in total. The van der Waals surface area contributed by atoms with Crippen molar-refractivity contribution in [3.05, 3.63) is 0 Å². The minimum atomic E-state index is -3.11. The van der Waals surface area contributed by atoms with Gasteiger partial charge in [-0.1, -0.05) is 0 Å². The van der Waals surface area contributed by atoms with Crippen LogP contribution < -0.4 is 5.32 Å². The van der Waals surface area contributed by atoms with E-state index in [1.165, 1.54) is 4.31 Å². The molecular weight excluding hydrogens is 280 g/mol. The number of carbonyl (C=O) groups excluding carboxylic acids is 1. The fourth-order valence-electron chi connectivity index (χ4n) is 2.74. The smallest absolute Gasteiger partial charge is 0.223 e. The van der Waals surface area contributed by atoms with E-state index in [-0.39, 0.29) is 23.7 Å². The molecular formula is C13H24N2O4S. The standard InChI is InChI=1S/C13H24N2O4S/c1-2-20(17,18)15-7-5-11(6-8-15)13(16)14-10-12-4-3-9-19-12/h11-12H,2-10H2,1H3,(H,14,16)/t12-/m0/s1. The third-order valence-electron chi connectivity index (χ3n) is 4.11. The number of ether oxygens (including phenoxy) is 1. The van der Waals surface area contributed by atoms with Gasteiger partial charge in [-0.15, -0.1) is 0 Å². The Balaban J connectivity index is 1.74. The van der Waals surface area contributed by atoms with Crippen LogP contribution in [0, 0.1) is 5.92 Å². The third-order valence-corrected chi connectivity index (χ3v) is 5.99. The number of rotatable bonds is 5. The molecule has 0 aromatic heterocycles. The van der Waals surface area contributed by atoms with Gasteiger partial charge in [-0.05, 0) is 32.6 Å². The molecule has 7 heteroatoms. The summed E-state index contributed by atoms with van der Waals surface area (Å²) in [5.41, 5.74) is 0. The maximum atomic E-state index is 12.0. The SMILES string of the molecule is CCS(=O)(=O)N1CCC(C(=O)NC[C@@H]2CCCO2)CC1. The number of amides is 1. The van der Waals surface area contributed by atoms with Crippen LogP contribution in [0.5, 0.6) is 0 Å². The van der Waals surface area contributed by atoms with Gasteiger partial charge in [-0.25, -0.2) is 12.7 Å². The lowest BCUT2D eigenvalue weighted by Crippen LogP contribution is -2.44. The van der Waals surface area contributed by atoms with Crippen molar-refractivity contribution in [3.63, 3.8) is 0 Å². The molecule has 20 heavy (non-hydrogen) atoms. The molecule has 116 valence electrons. The molecule has 2 rings (SSSR count). The van der Waals surface area contributed by atoms with Crippen molar-refractivity contribution in [2.75, 3.05) is 32.0 Å². The predicted molar refractivity (Wildman–Crippen MR) is 75.7 cm³/mol. The van der Waals surface area contributed by atoms with Gasteiger partial charge in [-0.2, -0.15) is 0 Å². The Morgan fingerprint density at radius 2 is 2.00 bits per heavy atom. The normalized spacial score (nSPS) is 25.8. The minimum Gasteiger partial charge on any atom is -0.376 e. The van der Waals surface area contributed by atoms with Crippen molar-refractivity contribution < 1.29 is 17.9 Å². The number of nitrogens with zero attached hydrogens (tertiary/aromatic N) is 1. The molecule has 2 heterocycles. The highest BCUT2D eigenvalue weighted by atomic mass is 32.2. The van der Waals surface area contributed by atoms with Gasteiger partial charge in [0, 0.05) is 32.2 Å². The molecule has 2 fully saturated rings. The molecule has 0 unspecified atom stereocenters. The zero-order valence-electron chi connectivity index (χ0n) is 12.0. The largest absolute Gasteiger partial charge is 0.376 e. The Bertz CT molecular complexity index is 424. The van der Waals surface area contributed by atoms with Crippen LogP contribution in [0.1, 0.15) is 32.6 Å². The van der Waals surface area contributed by atoms with Crippen molar-refractivity contribution in [1.82, 2.24) is 9.62 Å². The maximum absolute atomic E-state index is 12.0. The fourth-order valence-corrected chi connectivity index (χ4v) is 3.88. The van der Waals surface area contributed by atoms with Gasteiger partial charge in [0.15, 0.2) is 0 Å². The summed E-state index contributed by atoms with van der Waals surface area (Å²) in [6, 6.07) is 0. The average Bonchev–Trinajstić information content (AvgIpc) is 2.98. The quantitative estimate of drug-likeness (QED) is 0.795. The molecule has 0 saturated carbocycles. The number of piperidine rings is 1. The molecule has 2 aliphatic heterocycles. The van der Waals surface area contributed by atoms with Crippen LogP contribution in [0.15, 0.2) is 0 Å². The van der Waals surface area contributed by atoms with E-state index < -0.39 is 10.0 Å². The molecule has 1 atom stereocenters. The highest BCUT2D eigenvalue weighted by molar-refractivity contribution is 7.89. The van der Waals surface area contributed by atoms with E-state index in [0.717, 1.165) is 19.4 Å². The Hall–Kier alpha value is -0.660. The Morgan fingerprint density at radius 1 is 1.30 bits per heavy atom. The highest BCUT2D eigenvalue weighted by Gasteiger charge is 2.30. The summed E-state index contributed by atoms with van der Waals surface area (Å²) in [6.07, 6.45) is 3.44. The lowest BCUT2D eigenvalue weighted by molar-refractivity contribution is -0.126. The first-order valence-electron chi connectivity index (χ1n) is 7.40. The molecule has 0 aromatic carbocycles. The summed E-state index contributed by atoms with van der Waals surface area (Å²) in [5.74, 6) is 0.0943. The second-order valence-corrected chi connectivity index (χ2v) is 7.71. The Labute approximate surface area is 120 Å². The molecule has 0 radical (unpaired) electrons. The van der Waals surface area contributed by atoms with E-state index in [1.807, 2.05) is 0 Å². The van der Waals surface area contributed by atoms with Crippen LogP contribution in [0.25, 0.3) is 0 Å². The summed E-state index contributed by atoms with van der Waals surface area (Å²) >= 11 is 0. The zero-order valence-corrected chi connectivity index (χ0v) is 12.8. The molecule has 2 saturated heterocycles. The zero-order chi connectivity index (χ0) is 14.6. The maximum Gasteiger partial charge on any atom is 0.223 e. The second kappa shape index (κ2) is 6.87. The van der Waals surface area contributed by atoms with Gasteiger partial charge in [0.1, 0.15) is 0 Å². The van der Waals surface area contributed by atoms with Crippen LogP contribution in [0.3, 0.4) is 0 Å². The summed E-state index contributed by atoms with van der Waals surface area (Å²) < 4.78 is 30.4. The number of carbonyl (C=O) groups is 1. The van der Waals surface area contributed by atoms with E-state index in [0.29, 0.717) is 32.5 Å². The fraction of sp³-hybridized carbons (Fsp3) is 0.923. The summed E-state index contributed by atoms with van der Waals surface area (Å²) in [5, 5.41) is 2.93. The first-order chi connectivity index (χ1) is 9.53. The van der Waals surface area contributed by atoms with E-state index in [1.54, 1.807) is 6.92 Å². The Morgan fingerprint density at radius 3 is 2.55 bits per heavy atom. The van der Waals surface area contributed by atoms with Crippen molar-refractivity contribution >= 4 is 15.9 Å². The third kappa shape index (κ3) is 3.93. The van der Waals surface area contributed by atoms with Crippen LogP contribution in [-0.4, -0.2) is 56.7 Å². The number of hydrogen-bond acceptors (Lipinski definition) is 4. The lowest BCUT2D eigenvalue weighted by Gasteiger charge is -2.30. The average molecular weight is 304 g/mol. The van der Waals surface area contributed by atoms with Gasteiger partial charge < -0.3 is 10.1 Å². The minimum absolute atomic E-state index is 0.0362. The van der Waals surface area contributed by atoms with Gasteiger partial charge in [0.05, 0.1) is 11.9 Å². The summed E-state index contributed by atoms with van der Waals surface area (Å²) in [7, 11) is -3.11. The van der Waals surface area contributed by atoms with Crippen molar-refractivity contribution in [2.45, 2.75) is 38.7 Å². The van der Waals surface area contributed by atoms with Crippen LogP contribution in [0.4, 0.5) is 0 Å². The monoisotopic (exact) mass is 304 g/mol. The molecule has 6 nitrogen and oxygen atoms in total. The lowest BCUT2D eigenvalue weighted by atomic mass is 9.97. The van der Waals surface area contributed by atoms with E-state index in [4.69, 9.17) is 4.74 Å². The molecule has 0 bridgehead atoms. The van der Waals surface area contributed by atoms with Gasteiger partial charge in [0.2, 0.25) is 15.9 Å². The molecule has 0 aromatic rings. The van der Waals surface area contributed by atoms with E-state index in [9.17, 15) is 13.2 Å². The Kier molecular flexibility index (Phi) is 5.40. The first-order valence-corrected chi connectivity index (χ1v) is 9.01. The topological polar surface area (TPSA) is 75.7 Å².